The highest BCUT2D eigenvalue weighted by Crippen LogP contribution is 2.16. The number of hydrogen-bond donors (Lipinski definition) is 0. The Hall–Kier alpha value is -1.53. The predicted octanol–water partition coefficient (Wildman–Crippen LogP) is 2.83. The van der Waals surface area contributed by atoms with Gasteiger partial charge in [0.1, 0.15) is 5.94 Å². The minimum Gasteiger partial charge on any atom is -0.371 e. The monoisotopic (exact) mass is 219 g/mol. The average molecular weight is 219 g/mol. The molecule has 0 spiro atoms. The summed E-state index contributed by atoms with van der Waals surface area (Å²) in [5.41, 5.74) is 0. The molecule has 88 valence electrons. The lowest BCUT2D eigenvalue weighted by Crippen LogP contribution is -2.23. The van der Waals surface area contributed by atoms with Gasteiger partial charge in [-0.15, -0.1) is 0 Å². The second-order valence-corrected chi connectivity index (χ2v) is 3.86. The first-order valence-electron chi connectivity index (χ1n) is 5.49. The minimum atomic E-state index is 0.385. The van der Waals surface area contributed by atoms with Crippen molar-refractivity contribution < 1.29 is 4.79 Å². The zero-order chi connectivity index (χ0) is 12.4. The fourth-order valence-electron chi connectivity index (χ4n) is 1.52. The standard InChI is InChI=1S/C14H21NO/c1-5-7-9-13(3)14(8-6-2)12-15(4)10-11-16/h5-10,13-14H,1,12H2,2-4H3/b8-6-,9-7+. The molecule has 0 rings (SSSR count). The average Bonchev–Trinajstić information content (AvgIpc) is 2.25. The molecule has 2 atom stereocenters. The smallest absolute Gasteiger partial charge is 0.142 e. The third-order valence-corrected chi connectivity index (χ3v) is 2.44. The molecule has 2 unspecified atom stereocenters. The SMILES string of the molecule is C=C/C=C/C(C)C(/C=C\C)CN(C)C=C=O. The van der Waals surface area contributed by atoms with Gasteiger partial charge in [0.05, 0.1) is 6.20 Å². The number of carbonyl (C=O) groups excluding carboxylic acids is 1. The Morgan fingerprint density at radius 3 is 2.62 bits per heavy atom. The molecule has 0 aromatic carbocycles. The molecular formula is C14H21NO. The van der Waals surface area contributed by atoms with Crippen LogP contribution in [0.25, 0.3) is 0 Å². The molecule has 0 fully saturated rings. The highest BCUT2D eigenvalue weighted by Gasteiger charge is 2.12. The second kappa shape index (κ2) is 8.75. The van der Waals surface area contributed by atoms with Crippen LogP contribution in [0.3, 0.4) is 0 Å². The Morgan fingerprint density at radius 1 is 1.44 bits per heavy atom. The van der Waals surface area contributed by atoms with Gasteiger partial charge in [0.25, 0.3) is 0 Å². The highest BCUT2D eigenvalue weighted by atomic mass is 16.1. The predicted molar refractivity (Wildman–Crippen MR) is 69.7 cm³/mol. The summed E-state index contributed by atoms with van der Waals surface area (Å²) in [6.07, 6.45) is 11.5. The lowest BCUT2D eigenvalue weighted by atomic mass is 9.92. The van der Waals surface area contributed by atoms with Crippen molar-refractivity contribution in [2.24, 2.45) is 11.8 Å². The largest absolute Gasteiger partial charge is 0.371 e. The van der Waals surface area contributed by atoms with Crippen LogP contribution in [0, 0.1) is 11.8 Å². The van der Waals surface area contributed by atoms with E-state index in [1.807, 2.05) is 31.0 Å². The molecule has 0 amide bonds. The maximum atomic E-state index is 10.2. The lowest BCUT2D eigenvalue weighted by Gasteiger charge is -2.23. The first kappa shape index (κ1) is 14.5. The van der Waals surface area contributed by atoms with Gasteiger partial charge in [-0.2, -0.15) is 0 Å². The van der Waals surface area contributed by atoms with Gasteiger partial charge in [-0.3, -0.25) is 0 Å². The zero-order valence-corrected chi connectivity index (χ0v) is 10.4. The summed E-state index contributed by atoms with van der Waals surface area (Å²) in [4.78, 5) is 12.1. The quantitative estimate of drug-likeness (QED) is 0.373. The summed E-state index contributed by atoms with van der Waals surface area (Å²) in [6, 6.07) is 0. The Labute approximate surface area is 98.6 Å². The van der Waals surface area contributed by atoms with E-state index in [1.54, 1.807) is 12.0 Å². The van der Waals surface area contributed by atoms with Crippen LogP contribution >= 0.6 is 0 Å². The van der Waals surface area contributed by atoms with E-state index in [0.717, 1.165) is 6.54 Å². The van der Waals surface area contributed by atoms with Crippen LogP contribution in [0.5, 0.6) is 0 Å². The van der Waals surface area contributed by atoms with Gasteiger partial charge in [-0.25, -0.2) is 4.79 Å². The number of nitrogens with zero attached hydrogens (tertiary/aromatic N) is 1. The molecule has 0 aromatic heterocycles. The van der Waals surface area contributed by atoms with E-state index in [1.165, 1.54) is 6.20 Å². The fraction of sp³-hybridized carbons (Fsp3) is 0.429. The summed E-state index contributed by atoms with van der Waals surface area (Å²) in [5.74, 6) is 2.59. The molecule has 0 saturated carbocycles. The Morgan fingerprint density at radius 2 is 2.12 bits per heavy atom. The summed E-state index contributed by atoms with van der Waals surface area (Å²) < 4.78 is 0. The molecule has 0 radical (unpaired) electrons. The van der Waals surface area contributed by atoms with Crippen molar-refractivity contribution in [2.75, 3.05) is 13.6 Å². The molecule has 0 aliphatic rings. The van der Waals surface area contributed by atoms with Gasteiger partial charge < -0.3 is 4.90 Å². The summed E-state index contributed by atoms with van der Waals surface area (Å²) in [7, 11) is 1.88. The summed E-state index contributed by atoms with van der Waals surface area (Å²) in [6.45, 7) is 8.63. The maximum Gasteiger partial charge on any atom is 0.142 e. The van der Waals surface area contributed by atoms with Crippen molar-refractivity contribution in [3.8, 4) is 0 Å². The van der Waals surface area contributed by atoms with E-state index in [4.69, 9.17) is 0 Å². The van der Waals surface area contributed by atoms with Crippen LogP contribution in [0.2, 0.25) is 0 Å². The van der Waals surface area contributed by atoms with Crippen molar-refractivity contribution in [3.05, 3.63) is 43.2 Å². The third kappa shape index (κ3) is 6.05. The van der Waals surface area contributed by atoms with Crippen LogP contribution in [-0.2, 0) is 4.79 Å². The maximum absolute atomic E-state index is 10.2. The minimum absolute atomic E-state index is 0.385. The van der Waals surface area contributed by atoms with Crippen LogP contribution in [0.15, 0.2) is 43.2 Å². The number of rotatable bonds is 7. The topological polar surface area (TPSA) is 20.3 Å². The zero-order valence-electron chi connectivity index (χ0n) is 10.4. The van der Waals surface area contributed by atoms with Crippen molar-refractivity contribution in [1.29, 1.82) is 0 Å². The Balaban J connectivity index is 4.53. The molecule has 0 N–H and O–H groups in total. The van der Waals surface area contributed by atoms with Crippen molar-refractivity contribution in [2.45, 2.75) is 13.8 Å². The van der Waals surface area contributed by atoms with E-state index in [9.17, 15) is 4.79 Å². The molecule has 16 heavy (non-hydrogen) atoms. The van der Waals surface area contributed by atoms with Gasteiger partial charge in [-0.05, 0) is 12.8 Å². The van der Waals surface area contributed by atoms with Crippen LogP contribution in [0.4, 0.5) is 0 Å². The summed E-state index contributed by atoms with van der Waals surface area (Å²) >= 11 is 0. The van der Waals surface area contributed by atoms with E-state index in [-0.39, 0.29) is 0 Å². The molecule has 0 saturated heterocycles. The molecule has 0 heterocycles. The Kier molecular flexibility index (Phi) is 7.92. The van der Waals surface area contributed by atoms with E-state index in [0.29, 0.717) is 11.8 Å². The van der Waals surface area contributed by atoms with Gasteiger partial charge in [0.15, 0.2) is 0 Å². The lowest BCUT2D eigenvalue weighted by molar-refractivity contribution is 0.355. The number of allylic oxidation sites excluding steroid dienone is 4. The van der Waals surface area contributed by atoms with Crippen molar-refractivity contribution in [3.63, 3.8) is 0 Å². The van der Waals surface area contributed by atoms with E-state index in [2.05, 4.69) is 25.7 Å². The first-order chi connectivity index (χ1) is 7.65. The van der Waals surface area contributed by atoms with Crippen molar-refractivity contribution in [1.82, 2.24) is 4.90 Å². The van der Waals surface area contributed by atoms with E-state index >= 15 is 0 Å². The molecule has 0 aliphatic carbocycles. The van der Waals surface area contributed by atoms with Crippen LogP contribution in [0.1, 0.15) is 13.8 Å². The summed E-state index contributed by atoms with van der Waals surface area (Å²) in [5, 5.41) is 0. The molecule has 0 aliphatic heterocycles. The van der Waals surface area contributed by atoms with Gasteiger partial charge in [0.2, 0.25) is 0 Å². The van der Waals surface area contributed by atoms with Crippen molar-refractivity contribution >= 4 is 5.94 Å². The van der Waals surface area contributed by atoms with E-state index < -0.39 is 0 Å². The van der Waals surface area contributed by atoms with Gasteiger partial charge in [-0.1, -0.05) is 43.9 Å². The molecular weight excluding hydrogens is 198 g/mol. The number of hydrogen-bond acceptors (Lipinski definition) is 2. The molecule has 2 heteroatoms. The van der Waals surface area contributed by atoms with Gasteiger partial charge >= 0.3 is 0 Å². The van der Waals surface area contributed by atoms with Crippen LogP contribution < -0.4 is 0 Å². The first-order valence-corrected chi connectivity index (χ1v) is 5.49. The Bertz CT molecular complexity index is 298. The normalized spacial score (nSPS) is 14.7. The van der Waals surface area contributed by atoms with Crippen LogP contribution in [-0.4, -0.2) is 24.4 Å². The second-order valence-electron chi connectivity index (χ2n) is 3.86. The fourth-order valence-corrected chi connectivity index (χ4v) is 1.52. The third-order valence-electron chi connectivity index (χ3n) is 2.44. The molecule has 2 nitrogen and oxygen atoms in total. The molecule has 0 bridgehead atoms. The molecule has 0 aromatic rings. The highest BCUT2D eigenvalue weighted by molar-refractivity contribution is 5.43. The van der Waals surface area contributed by atoms with Gasteiger partial charge in [0, 0.05) is 19.5 Å².